The highest BCUT2D eigenvalue weighted by Gasteiger charge is 2.03. The van der Waals surface area contributed by atoms with Gasteiger partial charge in [-0.25, -0.2) is 4.39 Å². The van der Waals surface area contributed by atoms with E-state index in [1.165, 1.54) is 22.9 Å². The minimum Gasteiger partial charge on any atom is -0.326 e. The molecule has 0 atom stereocenters. The molecule has 0 spiro atoms. The molecular formula is C7H5FN2O. The lowest BCUT2D eigenvalue weighted by molar-refractivity contribution is 0.639. The van der Waals surface area contributed by atoms with Gasteiger partial charge in [-0.15, -0.1) is 0 Å². The summed E-state index contributed by atoms with van der Waals surface area (Å²) in [6.07, 6.45) is 4.55. The van der Waals surface area contributed by atoms with Gasteiger partial charge in [-0.2, -0.15) is 0 Å². The van der Waals surface area contributed by atoms with Gasteiger partial charge in [0.25, 0.3) is 5.56 Å². The van der Waals surface area contributed by atoms with Crippen LogP contribution in [-0.4, -0.2) is 9.38 Å². The third-order valence-corrected chi connectivity index (χ3v) is 1.53. The van der Waals surface area contributed by atoms with Crippen molar-refractivity contribution in [3.63, 3.8) is 0 Å². The molecule has 2 rings (SSSR count). The van der Waals surface area contributed by atoms with Crippen molar-refractivity contribution >= 4 is 5.52 Å². The van der Waals surface area contributed by atoms with Crippen LogP contribution >= 0.6 is 0 Å². The summed E-state index contributed by atoms with van der Waals surface area (Å²) in [4.78, 5) is 13.3. The van der Waals surface area contributed by atoms with Gasteiger partial charge in [0, 0.05) is 18.6 Å². The Morgan fingerprint density at radius 2 is 2.27 bits per heavy atom. The highest BCUT2D eigenvalue weighted by Crippen LogP contribution is 2.03. The van der Waals surface area contributed by atoms with Crippen LogP contribution in [-0.2, 0) is 0 Å². The second-order valence-corrected chi connectivity index (χ2v) is 2.21. The first-order valence-electron chi connectivity index (χ1n) is 3.13. The molecule has 2 heterocycles. The Kier molecular flexibility index (Phi) is 1.09. The lowest BCUT2D eigenvalue weighted by Gasteiger charge is -1.89. The Morgan fingerprint density at radius 1 is 1.45 bits per heavy atom. The second kappa shape index (κ2) is 1.95. The third kappa shape index (κ3) is 0.756. The molecule has 0 saturated heterocycles. The van der Waals surface area contributed by atoms with E-state index in [9.17, 15) is 9.18 Å². The fourth-order valence-electron chi connectivity index (χ4n) is 1.03. The molecule has 0 aliphatic rings. The molecule has 0 amide bonds. The van der Waals surface area contributed by atoms with Gasteiger partial charge in [-0.1, -0.05) is 0 Å². The van der Waals surface area contributed by atoms with Crippen molar-refractivity contribution in [1.29, 1.82) is 0 Å². The lowest BCUT2D eigenvalue weighted by atomic mass is 10.5. The van der Waals surface area contributed by atoms with Crippen LogP contribution in [0, 0.1) is 5.82 Å². The highest BCUT2D eigenvalue weighted by atomic mass is 19.1. The summed E-state index contributed by atoms with van der Waals surface area (Å²) in [7, 11) is 0. The quantitative estimate of drug-likeness (QED) is 0.594. The van der Waals surface area contributed by atoms with Crippen molar-refractivity contribution in [3.05, 3.63) is 40.8 Å². The van der Waals surface area contributed by atoms with Crippen LogP contribution in [0.15, 0.2) is 29.5 Å². The van der Waals surface area contributed by atoms with E-state index >= 15 is 0 Å². The first-order valence-corrected chi connectivity index (χ1v) is 3.13. The molecule has 0 unspecified atom stereocenters. The van der Waals surface area contributed by atoms with E-state index in [0.717, 1.165) is 0 Å². The topological polar surface area (TPSA) is 37.3 Å². The van der Waals surface area contributed by atoms with Crippen molar-refractivity contribution in [2.24, 2.45) is 0 Å². The van der Waals surface area contributed by atoms with E-state index in [1.54, 1.807) is 6.20 Å². The van der Waals surface area contributed by atoms with Crippen molar-refractivity contribution in [2.45, 2.75) is 0 Å². The average molecular weight is 152 g/mol. The molecule has 2 aromatic heterocycles. The summed E-state index contributed by atoms with van der Waals surface area (Å²) < 4.78 is 14.2. The Morgan fingerprint density at radius 3 is 3.00 bits per heavy atom. The molecule has 0 bridgehead atoms. The summed E-state index contributed by atoms with van der Waals surface area (Å²) >= 11 is 0. The molecule has 3 nitrogen and oxygen atoms in total. The Labute approximate surface area is 61.1 Å². The molecule has 1 N–H and O–H groups in total. The van der Waals surface area contributed by atoms with Gasteiger partial charge in [0.2, 0.25) is 0 Å². The van der Waals surface area contributed by atoms with Crippen LogP contribution in [0.2, 0.25) is 0 Å². The normalized spacial score (nSPS) is 10.6. The van der Waals surface area contributed by atoms with Gasteiger partial charge in [0.15, 0.2) is 5.82 Å². The molecule has 0 fully saturated rings. The number of hydrogen-bond acceptors (Lipinski definition) is 1. The smallest absolute Gasteiger partial charge is 0.275 e. The number of nitrogens with one attached hydrogen (secondary N) is 1. The van der Waals surface area contributed by atoms with Gasteiger partial charge in [-0.05, 0) is 6.07 Å². The summed E-state index contributed by atoms with van der Waals surface area (Å²) in [5.74, 6) is -0.494. The molecule has 4 heteroatoms. The fraction of sp³-hybridized carbons (Fsp3) is 0. The zero-order chi connectivity index (χ0) is 7.84. The predicted molar refractivity (Wildman–Crippen MR) is 38.0 cm³/mol. The Hall–Kier alpha value is -1.58. The maximum atomic E-state index is 12.8. The molecule has 2 aromatic rings. The van der Waals surface area contributed by atoms with Crippen LogP contribution in [0.4, 0.5) is 4.39 Å². The van der Waals surface area contributed by atoms with E-state index in [-0.39, 0.29) is 5.52 Å². The van der Waals surface area contributed by atoms with Gasteiger partial charge < -0.3 is 9.38 Å². The second-order valence-electron chi connectivity index (χ2n) is 2.21. The van der Waals surface area contributed by atoms with Gasteiger partial charge in [0.05, 0.1) is 0 Å². The molecule has 0 aliphatic heterocycles. The zero-order valence-corrected chi connectivity index (χ0v) is 5.54. The lowest BCUT2D eigenvalue weighted by Crippen LogP contribution is -2.08. The number of aromatic nitrogens is 2. The number of fused-ring (bicyclic) bond motifs is 1. The number of aromatic amines is 1. The molecular weight excluding hydrogens is 147 g/mol. The van der Waals surface area contributed by atoms with Gasteiger partial charge in [-0.3, -0.25) is 4.79 Å². The fourth-order valence-corrected chi connectivity index (χ4v) is 1.03. The first kappa shape index (κ1) is 6.15. The predicted octanol–water partition coefficient (Wildman–Crippen LogP) is 0.767. The van der Waals surface area contributed by atoms with Crippen LogP contribution in [0.5, 0.6) is 0 Å². The monoisotopic (exact) mass is 152 g/mol. The summed E-state index contributed by atoms with van der Waals surface area (Å²) in [5.41, 5.74) is -0.345. The Bertz CT molecular complexity index is 443. The molecule has 56 valence electrons. The van der Waals surface area contributed by atoms with Gasteiger partial charge >= 0.3 is 0 Å². The minimum absolute atomic E-state index is 0.0625. The van der Waals surface area contributed by atoms with E-state index in [1.807, 2.05) is 0 Å². The van der Waals surface area contributed by atoms with E-state index in [4.69, 9.17) is 0 Å². The Balaban J connectivity index is 3.08. The van der Waals surface area contributed by atoms with Crippen LogP contribution < -0.4 is 5.56 Å². The number of H-pyrrole nitrogens is 1. The van der Waals surface area contributed by atoms with E-state index in [0.29, 0.717) is 0 Å². The highest BCUT2D eigenvalue weighted by molar-refractivity contribution is 5.46. The standard InChI is InChI=1S/C7H5FN2O/c8-5-1-3-10-4-2-9-7(11)6(5)10/h1-4H,(H,9,11). The largest absolute Gasteiger partial charge is 0.326 e. The van der Waals surface area contributed by atoms with Crippen molar-refractivity contribution in [2.75, 3.05) is 0 Å². The summed E-state index contributed by atoms with van der Waals surface area (Å²) in [6, 6.07) is 1.25. The molecule has 11 heavy (non-hydrogen) atoms. The van der Waals surface area contributed by atoms with Crippen LogP contribution in [0.25, 0.3) is 5.52 Å². The van der Waals surface area contributed by atoms with Crippen molar-refractivity contribution in [1.82, 2.24) is 9.38 Å². The van der Waals surface area contributed by atoms with Crippen LogP contribution in [0.1, 0.15) is 0 Å². The average Bonchev–Trinajstić information content (AvgIpc) is 2.34. The van der Waals surface area contributed by atoms with Crippen molar-refractivity contribution < 1.29 is 4.39 Å². The molecule has 0 aromatic carbocycles. The summed E-state index contributed by atoms with van der Waals surface area (Å²) in [6.45, 7) is 0. The van der Waals surface area contributed by atoms with Crippen molar-refractivity contribution in [3.8, 4) is 0 Å². The molecule has 0 saturated carbocycles. The number of hydrogen-bond donors (Lipinski definition) is 1. The summed E-state index contributed by atoms with van der Waals surface area (Å²) in [5, 5.41) is 0. The third-order valence-electron chi connectivity index (χ3n) is 1.53. The number of halogens is 1. The maximum Gasteiger partial charge on any atom is 0.275 e. The zero-order valence-electron chi connectivity index (χ0n) is 5.54. The number of nitrogens with zero attached hydrogens (tertiary/aromatic N) is 1. The van der Waals surface area contributed by atoms with E-state index < -0.39 is 11.4 Å². The van der Waals surface area contributed by atoms with E-state index in [2.05, 4.69) is 4.98 Å². The number of rotatable bonds is 0. The SMILES string of the molecule is O=c1[nH]ccn2ccc(F)c12. The maximum absolute atomic E-state index is 12.8. The van der Waals surface area contributed by atoms with Crippen LogP contribution in [0.3, 0.4) is 0 Å². The molecule has 0 aliphatic carbocycles. The minimum atomic E-state index is -0.494. The van der Waals surface area contributed by atoms with Gasteiger partial charge in [0.1, 0.15) is 5.52 Å². The molecule has 0 radical (unpaired) electrons. The first-order chi connectivity index (χ1) is 5.29.